The molecule has 0 amide bonds. The number of fused-ring (bicyclic) bond motifs is 1. The summed E-state index contributed by atoms with van der Waals surface area (Å²) in [6.07, 6.45) is 2.63. The van der Waals surface area contributed by atoms with Gasteiger partial charge in [-0.25, -0.2) is 0 Å². The molecule has 0 spiro atoms. The minimum absolute atomic E-state index is 0.570. The standard InChI is InChI=1S/C14H19NO3/c1-3-4-11-5-6-12-14(18-10-9-16-12)13(11)17-8-7-15-2/h3,5-6,15H,1,4,7-10H2,2H3/p+1. The third-order valence-corrected chi connectivity index (χ3v) is 2.76. The first-order valence-electron chi connectivity index (χ1n) is 6.29. The third-order valence-electron chi connectivity index (χ3n) is 2.76. The quantitative estimate of drug-likeness (QED) is 0.599. The summed E-state index contributed by atoms with van der Waals surface area (Å²) in [6, 6.07) is 3.95. The van der Waals surface area contributed by atoms with Gasteiger partial charge in [-0.1, -0.05) is 12.1 Å². The number of likely N-dealkylation sites (N-methyl/N-ethyl adjacent to an activating group) is 1. The van der Waals surface area contributed by atoms with Crippen molar-refractivity contribution in [2.75, 3.05) is 33.4 Å². The molecule has 0 radical (unpaired) electrons. The summed E-state index contributed by atoms with van der Waals surface area (Å²) in [5.74, 6) is 2.30. The fourth-order valence-electron chi connectivity index (χ4n) is 1.88. The van der Waals surface area contributed by atoms with Crippen LogP contribution in [0, 0.1) is 0 Å². The zero-order valence-electron chi connectivity index (χ0n) is 10.8. The third kappa shape index (κ3) is 2.76. The van der Waals surface area contributed by atoms with Crippen molar-refractivity contribution in [2.24, 2.45) is 0 Å². The predicted molar refractivity (Wildman–Crippen MR) is 69.5 cm³/mol. The van der Waals surface area contributed by atoms with Gasteiger partial charge in [0.05, 0.1) is 7.05 Å². The van der Waals surface area contributed by atoms with Crippen LogP contribution in [0.2, 0.25) is 0 Å². The minimum Gasteiger partial charge on any atom is -0.486 e. The molecule has 4 nitrogen and oxygen atoms in total. The van der Waals surface area contributed by atoms with E-state index in [0.29, 0.717) is 19.8 Å². The number of benzene rings is 1. The summed E-state index contributed by atoms with van der Waals surface area (Å²) in [4.78, 5) is 0. The second-order valence-corrected chi connectivity index (χ2v) is 4.12. The van der Waals surface area contributed by atoms with Crippen molar-refractivity contribution >= 4 is 0 Å². The van der Waals surface area contributed by atoms with Crippen molar-refractivity contribution < 1.29 is 19.5 Å². The Balaban J connectivity index is 2.27. The largest absolute Gasteiger partial charge is 0.486 e. The van der Waals surface area contributed by atoms with Crippen molar-refractivity contribution in [3.8, 4) is 17.2 Å². The fraction of sp³-hybridized carbons (Fsp3) is 0.429. The highest BCUT2D eigenvalue weighted by Crippen LogP contribution is 2.42. The number of rotatable bonds is 6. The van der Waals surface area contributed by atoms with Gasteiger partial charge in [-0.3, -0.25) is 0 Å². The maximum atomic E-state index is 5.84. The molecule has 0 atom stereocenters. The van der Waals surface area contributed by atoms with Gasteiger partial charge in [0.25, 0.3) is 0 Å². The van der Waals surface area contributed by atoms with Gasteiger partial charge in [-0.15, -0.1) is 6.58 Å². The van der Waals surface area contributed by atoms with E-state index in [1.807, 2.05) is 25.3 Å². The summed E-state index contributed by atoms with van der Waals surface area (Å²) >= 11 is 0. The van der Waals surface area contributed by atoms with Crippen LogP contribution in [0.4, 0.5) is 0 Å². The van der Waals surface area contributed by atoms with E-state index in [9.17, 15) is 0 Å². The van der Waals surface area contributed by atoms with Crippen LogP contribution in [0.1, 0.15) is 5.56 Å². The van der Waals surface area contributed by atoms with Crippen molar-refractivity contribution in [3.05, 3.63) is 30.4 Å². The fourth-order valence-corrected chi connectivity index (χ4v) is 1.88. The number of quaternary nitrogens is 1. The molecule has 0 saturated carbocycles. The van der Waals surface area contributed by atoms with Crippen LogP contribution in [-0.2, 0) is 6.42 Å². The Morgan fingerprint density at radius 3 is 3.00 bits per heavy atom. The van der Waals surface area contributed by atoms with Gasteiger partial charge < -0.3 is 19.5 Å². The van der Waals surface area contributed by atoms with E-state index in [1.54, 1.807) is 0 Å². The van der Waals surface area contributed by atoms with Crippen LogP contribution in [0.3, 0.4) is 0 Å². The number of nitrogens with two attached hydrogens (primary N) is 1. The van der Waals surface area contributed by atoms with Gasteiger partial charge in [0.15, 0.2) is 11.5 Å². The number of hydrogen-bond donors (Lipinski definition) is 1. The minimum atomic E-state index is 0.570. The average molecular weight is 250 g/mol. The zero-order valence-corrected chi connectivity index (χ0v) is 10.8. The van der Waals surface area contributed by atoms with Crippen LogP contribution < -0.4 is 19.5 Å². The van der Waals surface area contributed by atoms with Crippen molar-refractivity contribution in [3.63, 3.8) is 0 Å². The molecule has 18 heavy (non-hydrogen) atoms. The van der Waals surface area contributed by atoms with Crippen LogP contribution in [0.25, 0.3) is 0 Å². The van der Waals surface area contributed by atoms with Crippen LogP contribution in [-0.4, -0.2) is 33.4 Å². The van der Waals surface area contributed by atoms with Crippen molar-refractivity contribution in [2.45, 2.75) is 6.42 Å². The molecule has 0 bridgehead atoms. The normalized spacial score (nSPS) is 13.2. The average Bonchev–Trinajstić information content (AvgIpc) is 2.41. The smallest absolute Gasteiger partial charge is 0.204 e. The molecule has 98 valence electrons. The Morgan fingerprint density at radius 2 is 2.22 bits per heavy atom. The van der Waals surface area contributed by atoms with Gasteiger partial charge in [0.1, 0.15) is 26.4 Å². The van der Waals surface area contributed by atoms with Crippen molar-refractivity contribution in [1.82, 2.24) is 0 Å². The lowest BCUT2D eigenvalue weighted by Crippen LogP contribution is -2.80. The van der Waals surface area contributed by atoms with E-state index in [-0.39, 0.29) is 0 Å². The van der Waals surface area contributed by atoms with Gasteiger partial charge in [-0.05, 0) is 12.5 Å². The van der Waals surface area contributed by atoms with E-state index < -0.39 is 0 Å². The monoisotopic (exact) mass is 250 g/mol. The molecule has 1 aromatic rings. The van der Waals surface area contributed by atoms with Gasteiger partial charge >= 0.3 is 0 Å². The van der Waals surface area contributed by atoms with E-state index in [1.165, 1.54) is 0 Å². The van der Waals surface area contributed by atoms with E-state index in [2.05, 4.69) is 11.9 Å². The molecule has 1 aliphatic rings. The first kappa shape index (κ1) is 12.8. The van der Waals surface area contributed by atoms with E-state index >= 15 is 0 Å². The molecule has 0 saturated heterocycles. The summed E-state index contributed by atoms with van der Waals surface area (Å²) in [6.45, 7) is 6.50. The zero-order chi connectivity index (χ0) is 12.8. The Morgan fingerprint density at radius 1 is 1.39 bits per heavy atom. The molecule has 2 N–H and O–H groups in total. The molecule has 1 heterocycles. The van der Waals surface area contributed by atoms with E-state index in [4.69, 9.17) is 14.2 Å². The topological polar surface area (TPSA) is 44.3 Å². The second kappa shape index (κ2) is 6.31. The second-order valence-electron chi connectivity index (χ2n) is 4.12. The number of hydrogen-bond acceptors (Lipinski definition) is 3. The highest BCUT2D eigenvalue weighted by molar-refractivity contribution is 5.56. The Bertz CT molecular complexity index is 418. The molecular weight excluding hydrogens is 230 g/mol. The Hall–Kier alpha value is -1.68. The summed E-state index contributed by atoms with van der Waals surface area (Å²) < 4.78 is 17.1. The first-order chi connectivity index (χ1) is 8.86. The maximum absolute atomic E-state index is 5.84. The molecule has 1 aliphatic heterocycles. The molecule has 0 aromatic heterocycles. The molecule has 1 aromatic carbocycles. The summed E-state index contributed by atoms with van der Waals surface area (Å²) in [5.41, 5.74) is 1.09. The van der Waals surface area contributed by atoms with E-state index in [0.717, 1.165) is 35.8 Å². The Labute approximate surface area is 108 Å². The number of ether oxygens (including phenoxy) is 3. The SMILES string of the molecule is C=CCc1ccc2c(c1OCC[NH2+]C)OCCO2. The molecule has 4 heteroatoms. The highest BCUT2D eigenvalue weighted by Gasteiger charge is 2.20. The van der Waals surface area contributed by atoms with Crippen LogP contribution in [0.15, 0.2) is 24.8 Å². The highest BCUT2D eigenvalue weighted by atomic mass is 16.6. The summed E-state index contributed by atoms with van der Waals surface area (Å²) in [5, 5.41) is 2.08. The van der Waals surface area contributed by atoms with Crippen LogP contribution in [0.5, 0.6) is 17.2 Å². The molecule has 0 aliphatic carbocycles. The Kier molecular flexibility index (Phi) is 4.47. The summed E-state index contributed by atoms with van der Waals surface area (Å²) in [7, 11) is 2.02. The van der Waals surface area contributed by atoms with Gasteiger partial charge in [0, 0.05) is 5.56 Å². The lowest BCUT2D eigenvalue weighted by Gasteiger charge is -2.22. The lowest BCUT2D eigenvalue weighted by atomic mass is 10.1. The van der Waals surface area contributed by atoms with Gasteiger partial charge in [-0.2, -0.15) is 0 Å². The lowest BCUT2D eigenvalue weighted by molar-refractivity contribution is -0.627. The number of allylic oxidation sites excluding steroid dienone is 1. The predicted octanol–water partition coefficient (Wildman–Crippen LogP) is 0.758. The van der Waals surface area contributed by atoms with Crippen molar-refractivity contribution in [1.29, 1.82) is 0 Å². The first-order valence-corrected chi connectivity index (χ1v) is 6.29. The molecule has 2 rings (SSSR count). The maximum Gasteiger partial charge on any atom is 0.204 e. The molecule has 0 fully saturated rings. The van der Waals surface area contributed by atoms with Crippen LogP contribution >= 0.6 is 0 Å². The van der Waals surface area contributed by atoms with Gasteiger partial charge in [0.2, 0.25) is 5.75 Å². The molecular formula is C14H20NO3+. The molecule has 0 unspecified atom stereocenters.